The number of H-pyrrole nitrogens is 1. The third kappa shape index (κ3) is 5.16. The first-order valence-corrected chi connectivity index (χ1v) is 10.9. The van der Waals surface area contributed by atoms with E-state index in [1.54, 1.807) is 12.3 Å². The fourth-order valence-electron chi connectivity index (χ4n) is 4.35. The highest BCUT2D eigenvalue weighted by molar-refractivity contribution is 5.90. The molecule has 1 amide bonds. The Morgan fingerprint density at radius 1 is 1.45 bits per heavy atom. The Balaban J connectivity index is 1.78. The van der Waals surface area contributed by atoms with Crippen LogP contribution >= 0.6 is 0 Å². The Morgan fingerprint density at radius 2 is 2.27 bits per heavy atom. The lowest BCUT2D eigenvalue weighted by atomic mass is 9.81. The number of pyridine rings is 1. The average molecular weight is 452 g/mol. The molecular formula is C23H29N7O3. The van der Waals surface area contributed by atoms with E-state index in [-0.39, 0.29) is 18.4 Å². The van der Waals surface area contributed by atoms with Crippen LogP contribution in [-0.2, 0) is 9.53 Å². The van der Waals surface area contributed by atoms with Crippen molar-refractivity contribution in [1.29, 1.82) is 5.41 Å². The topological polar surface area (TPSA) is 139 Å². The summed E-state index contributed by atoms with van der Waals surface area (Å²) in [6.07, 6.45) is 3.01. The SMILES string of the molecule is C[C@@H]1COCCN1c1cc(C#CC2(O)CC(=O)NC(C)(C)C2)c(C=N)c(Nc2ccn[nH]2)n1. The van der Waals surface area contributed by atoms with Gasteiger partial charge < -0.3 is 30.8 Å². The number of carbonyl (C=O) groups is 1. The summed E-state index contributed by atoms with van der Waals surface area (Å²) in [6, 6.07) is 3.70. The minimum atomic E-state index is -1.46. The molecule has 0 aromatic carbocycles. The van der Waals surface area contributed by atoms with Crippen molar-refractivity contribution in [1.82, 2.24) is 20.5 Å². The Bertz CT molecular complexity index is 1100. The summed E-state index contributed by atoms with van der Waals surface area (Å²) in [6.45, 7) is 7.62. The van der Waals surface area contributed by atoms with Crippen LogP contribution in [0.3, 0.4) is 0 Å². The highest BCUT2D eigenvalue weighted by Crippen LogP contribution is 2.30. The Hall–Kier alpha value is -3.42. The Kier molecular flexibility index (Phi) is 6.10. The molecule has 0 bridgehead atoms. The number of anilines is 3. The molecule has 1 unspecified atom stereocenters. The maximum atomic E-state index is 12.1. The lowest BCUT2D eigenvalue weighted by molar-refractivity contribution is -0.131. The predicted octanol–water partition coefficient (Wildman–Crippen LogP) is 1.54. The molecule has 2 aromatic rings. The first-order valence-electron chi connectivity index (χ1n) is 10.9. The summed E-state index contributed by atoms with van der Waals surface area (Å²) < 4.78 is 5.56. The lowest BCUT2D eigenvalue weighted by Crippen LogP contribution is -2.56. The molecule has 0 spiro atoms. The van der Waals surface area contributed by atoms with Crippen molar-refractivity contribution in [3.63, 3.8) is 0 Å². The summed E-state index contributed by atoms with van der Waals surface area (Å²) in [7, 11) is 0. The van der Waals surface area contributed by atoms with E-state index in [9.17, 15) is 9.90 Å². The van der Waals surface area contributed by atoms with Gasteiger partial charge in [0.15, 0.2) is 0 Å². The second kappa shape index (κ2) is 8.84. The van der Waals surface area contributed by atoms with Gasteiger partial charge in [-0.15, -0.1) is 0 Å². The second-order valence-corrected chi connectivity index (χ2v) is 9.21. The van der Waals surface area contributed by atoms with Crippen molar-refractivity contribution in [3.8, 4) is 11.8 Å². The number of morpholine rings is 1. The van der Waals surface area contributed by atoms with E-state index in [0.717, 1.165) is 0 Å². The fraction of sp³-hybridized carbons (Fsp3) is 0.478. The van der Waals surface area contributed by atoms with Gasteiger partial charge in [-0.2, -0.15) is 5.10 Å². The van der Waals surface area contributed by atoms with E-state index in [1.165, 1.54) is 6.21 Å². The smallest absolute Gasteiger partial charge is 0.224 e. The molecule has 2 atom stereocenters. The number of nitrogens with zero attached hydrogens (tertiary/aromatic N) is 3. The molecule has 2 fully saturated rings. The number of nitrogens with one attached hydrogen (secondary N) is 4. The van der Waals surface area contributed by atoms with Gasteiger partial charge in [0.2, 0.25) is 5.91 Å². The highest BCUT2D eigenvalue weighted by Gasteiger charge is 2.41. The van der Waals surface area contributed by atoms with Crippen LogP contribution in [0.1, 0.15) is 44.7 Å². The van der Waals surface area contributed by atoms with Gasteiger partial charge in [0.25, 0.3) is 0 Å². The lowest BCUT2D eigenvalue weighted by Gasteiger charge is -2.38. The predicted molar refractivity (Wildman–Crippen MR) is 125 cm³/mol. The molecule has 174 valence electrons. The molecule has 2 saturated heterocycles. The third-order valence-electron chi connectivity index (χ3n) is 5.70. The minimum absolute atomic E-state index is 0.0962. The number of hydrogen-bond acceptors (Lipinski definition) is 8. The number of carbonyl (C=O) groups excluding carboxylic acids is 1. The summed E-state index contributed by atoms with van der Waals surface area (Å²) >= 11 is 0. The maximum Gasteiger partial charge on any atom is 0.224 e. The summed E-state index contributed by atoms with van der Waals surface area (Å²) in [5.74, 6) is 7.50. The number of piperidine rings is 1. The van der Waals surface area contributed by atoms with Gasteiger partial charge >= 0.3 is 0 Å². The van der Waals surface area contributed by atoms with Gasteiger partial charge in [-0.25, -0.2) is 4.98 Å². The van der Waals surface area contributed by atoms with Crippen LogP contribution in [0.4, 0.5) is 17.5 Å². The average Bonchev–Trinajstić information content (AvgIpc) is 3.23. The number of rotatable bonds is 4. The monoisotopic (exact) mass is 451 g/mol. The number of aromatic amines is 1. The number of ether oxygens (including phenoxy) is 1. The molecule has 0 saturated carbocycles. The molecule has 2 aliphatic heterocycles. The number of aromatic nitrogens is 3. The molecule has 10 nitrogen and oxygen atoms in total. The van der Waals surface area contributed by atoms with Crippen LogP contribution in [0, 0.1) is 17.3 Å². The van der Waals surface area contributed by atoms with Gasteiger partial charge in [0.1, 0.15) is 23.1 Å². The second-order valence-electron chi connectivity index (χ2n) is 9.21. The first kappa shape index (κ1) is 22.8. The van der Waals surface area contributed by atoms with Crippen LogP contribution in [-0.4, -0.2) is 69.3 Å². The van der Waals surface area contributed by atoms with E-state index in [0.29, 0.717) is 54.8 Å². The van der Waals surface area contributed by atoms with Crippen LogP contribution in [0.25, 0.3) is 0 Å². The maximum absolute atomic E-state index is 12.1. The zero-order chi connectivity index (χ0) is 23.6. The molecule has 2 aliphatic rings. The molecule has 0 radical (unpaired) electrons. The molecule has 4 heterocycles. The summed E-state index contributed by atoms with van der Waals surface area (Å²) in [4.78, 5) is 19.0. The molecule has 10 heteroatoms. The van der Waals surface area contributed by atoms with Gasteiger partial charge in [0.05, 0.1) is 37.4 Å². The van der Waals surface area contributed by atoms with Crippen molar-refractivity contribution >= 4 is 29.6 Å². The summed E-state index contributed by atoms with van der Waals surface area (Å²) in [5.41, 5.74) is -1.02. The van der Waals surface area contributed by atoms with Crippen molar-refractivity contribution in [3.05, 3.63) is 29.5 Å². The zero-order valence-electron chi connectivity index (χ0n) is 19.0. The standard InChI is InChI=1S/C23H29N7O3/c1-15-13-33-9-8-30(15)19-10-16(4-6-23(32)11-20(31)28-22(2,3)14-23)17(12-24)21(27-19)26-18-5-7-25-29-18/h5,7,10,12,15,24,32H,8-9,11,13-14H2,1-3H3,(H,28,31)(H2,25,26,27,29)/t15-,23?/m1/s1. The van der Waals surface area contributed by atoms with Gasteiger partial charge in [-0.1, -0.05) is 11.8 Å². The largest absolute Gasteiger partial charge is 0.377 e. The quantitative estimate of drug-likeness (QED) is 0.351. The number of aliphatic hydroxyl groups is 1. The van der Waals surface area contributed by atoms with E-state index in [1.807, 2.05) is 19.9 Å². The molecule has 33 heavy (non-hydrogen) atoms. The Labute approximate surface area is 192 Å². The molecule has 4 rings (SSSR count). The van der Waals surface area contributed by atoms with Crippen LogP contribution < -0.4 is 15.5 Å². The molecule has 2 aromatic heterocycles. The zero-order valence-corrected chi connectivity index (χ0v) is 19.0. The van der Waals surface area contributed by atoms with Crippen molar-refractivity contribution in [2.75, 3.05) is 30.0 Å². The Morgan fingerprint density at radius 3 is 2.94 bits per heavy atom. The van der Waals surface area contributed by atoms with Crippen LogP contribution in [0.15, 0.2) is 18.3 Å². The fourth-order valence-corrected chi connectivity index (χ4v) is 4.35. The molecule has 5 N–H and O–H groups in total. The van der Waals surface area contributed by atoms with Crippen LogP contribution in [0.5, 0.6) is 0 Å². The first-order chi connectivity index (χ1) is 15.7. The van der Waals surface area contributed by atoms with Gasteiger partial charge in [0, 0.05) is 36.3 Å². The summed E-state index contributed by atoms with van der Waals surface area (Å²) in [5, 5.41) is 31.9. The van der Waals surface area contributed by atoms with E-state index in [2.05, 4.69) is 44.5 Å². The molecule has 0 aliphatic carbocycles. The van der Waals surface area contributed by atoms with Crippen molar-refractivity contribution in [2.45, 2.75) is 50.8 Å². The third-order valence-corrected chi connectivity index (χ3v) is 5.70. The van der Waals surface area contributed by atoms with Crippen molar-refractivity contribution < 1.29 is 14.6 Å². The number of hydrogen-bond donors (Lipinski definition) is 5. The van der Waals surface area contributed by atoms with E-state index >= 15 is 0 Å². The van der Waals surface area contributed by atoms with Crippen molar-refractivity contribution in [2.24, 2.45) is 0 Å². The van der Waals surface area contributed by atoms with Gasteiger partial charge in [-0.3, -0.25) is 9.89 Å². The van der Waals surface area contributed by atoms with Gasteiger partial charge in [-0.05, 0) is 26.8 Å². The van der Waals surface area contributed by atoms with E-state index in [4.69, 9.17) is 15.1 Å². The van der Waals surface area contributed by atoms with E-state index < -0.39 is 11.1 Å². The van der Waals surface area contributed by atoms with Crippen LogP contribution in [0.2, 0.25) is 0 Å². The molecular weight excluding hydrogens is 422 g/mol. The highest BCUT2D eigenvalue weighted by atomic mass is 16.5. The minimum Gasteiger partial charge on any atom is -0.377 e. The normalized spacial score (nSPS) is 24.4. The number of amides is 1.